The Morgan fingerprint density at radius 2 is 2.00 bits per heavy atom. The summed E-state index contributed by atoms with van der Waals surface area (Å²) in [6.45, 7) is 6.09. The fourth-order valence-electron chi connectivity index (χ4n) is 2.01. The molecule has 1 aromatic heterocycles. The van der Waals surface area contributed by atoms with Gasteiger partial charge in [-0.05, 0) is 38.0 Å². The number of halogens is 1. The van der Waals surface area contributed by atoms with E-state index in [1.165, 1.54) is 0 Å². The second-order valence-electron chi connectivity index (χ2n) is 4.93. The van der Waals surface area contributed by atoms with E-state index >= 15 is 0 Å². The summed E-state index contributed by atoms with van der Waals surface area (Å²) in [6, 6.07) is 5.97. The van der Waals surface area contributed by atoms with Crippen molar-refractivity contribution in [1.82, 2.24) is 9.97 Å². The molecule has 5 heteroatoms. The van der Waals surface area contributed by atoms with Gasteiger partial charge < -0.3 is 10.1 Å². The number of nitrogens with one attached hydrogen (secondary N) is 1. The van der Waals surface area contributed by atoms with Gasteiger partial charge in [0.1, 0.15) is 17.4 Å². The first kappa shape index (κ1) is 15.8. The maximum absolute atomic E-state index is 6.03. The van der Waals surface area contributed by atoms with Crippen molar-refractivity contribution < 1.29 is 4.74 Å². The molecule has 0 fully saturated rings. The summed E-state index contributed by atoms with van der Waals surface area (Å²) in [6.07, 6.45) is 1.84. The highest BCUT2D eigenvalue weighted by molar-refractivity contribution is 9.10. The molecule has 0 atom stereocenters. The van der Waals surface area contributed by atoms with Gasteiger partial charge in [0.15, 0.2) is 0 Å². The fraction of sp³-hybridized carbons (Fsp3) is 0.375. The average Bonchev–Trinajstić information content (AvgIpc) is 2.46. The standard InChI is InChI=1S/C16H20BrN3O/c1-5-6-14-19-15(18-4)11(3)16(20-14)21-13-9-12(17)8-7-10(13)2/h7-9H,5-6H2,1-4H3,(H,18,19,20). The van der Waals surface area contributed by atoms with Crippen molar-refractivity contribution in [2.75, 3.05) is 12.4 Å². The number of hydrogen-bond donors (Lipinski definition) is 1. The SMILES string of the molecule is CCCc1nc(NC)c(C)c(Oc2cc(Br)ccc2C)n1. The van der Waals surface area contributed by atoms with Crippen LogP contribution in [0.5, 0.6) is 11.6 Å². The lowest BCUT2D eigenvalue weighted by atomic mass is 10.2. The van der Waals surface area contributed by atoms with E-state index in [2.05, 4.69) is 38.1 Å². The molecule has 0 amide bonds. The number of hydrogen-bond acceptors (Lipinski definition) is 4. The highest BCUT2D eigenvalue weighted by Gasteiger charge is 2.13. The number of nitrogens with zero attached hydrogens (tertiary/aromatic N) is 2. The molecule has 0 saturated heterocycles. The molecule has 2 rings (SSSR count). The lowest BCUT2D eigenvalue weighted by molar-refractivity contribution is 0.451. The van der Waals surface area contributed by atoms with Gasteiger partial charge >= 0.3 is 0 Å². The molecule has 0 unspecified atom stereocenters. The Morgan fingerprint density at radius 3 is 2.67 bits per heavy atom. The molecule has 2 aromatic rings. The third-order valence-corrected chi connectivity index (χ3v) is 3.71. The molecule has 112 valence electrons. The van der Waals surface area contributed by atoms with Crippen LogP contribution in [-0.4, -0.2) is 17.0 Å². The van der Waals surface area contributed by atoms with Gasteiger partial charge in [-0.3, -0.25) is 0 Å². The second-order valence-corrected chi connectivity index (χ2v) is 5.85. The van der Waals surface area contributed by atoms with Gasteiger partial charge in [-0.25, -0.2) is 4.98 Å². The third-order valence-electron chi connectivity index (χ3n) is 3.21. The first-order chi connectivity index (χ1) is 10.0. The topological polar surface area (TPSA) is 47.0 Å². The van der Waals surface area contributed by atoms with Crippen molar-refractivity contribution in [3.8, 4) is 11.6 Å². The maximum Gasteiger partial charge on any atom is 0.227 e. The zero-order valence-electron chi connectivity index (χ0n) is 12.8. The smallest absolute Gasteiger partial charge is 0.227 e. The molecule has 0 radical (unpaired) electrons. The summed E-state index contributed by atoms with van der Waals surface area (Å²) in [7, 11) is 1.86. The molecule has 0 spiro atoms. The van der Waals surface area contributed by atoms with Crippen molar-refractivity contribution in [1.29, 1.82) is 0 Å². The second kappa shape index (κ2) is 6.89. The molecule has 1 aromatic carbocycles. The summed E-state index contributed by atoms with van der Waals surface area (Å²) in [4.78, 5) is 9.06. The monoisotopic (exact) mass is 349 g/mol. The van der Waals surface area contributed by atoms with Crippen molar-refractivity contribution >= 4 is 21.7 Å². The van der Waals surface area contributed by atoms with E-state index in [0.717, 1.165) is 45.8 Å². The largest absolute Gasteiger partial charge is 0.438 e. The fourth-order valence-corrected chi connectivity index (χ4v) is 2.35. The minimum atomic E-state index is 0.610. The minimum absolute atomic E-state index is 0.610. The van der Waals surface area contributed by atoms with Gasteiger partial charge in [-0.2, -0.15) is 4.98 Å². The van der Waals surface area contributed by atoms with Crippen LogP contribution < -0.4 is 10.1 Å². The highest BCUT2D eigenvalue weighted by atomic mass is 79.9. The molecule has 21 heavy (non-hydrogen) atoms. The molecule has 1 heterocycles. The van der Waals surface area contributed by atoms with E-state index in [9.17, 15) is 0 Å². The van der Waals surface area contributed by atoms with Gasteiger partial charge in [-0.1, -0.05) is 28.9 Å². The number of aryl methyl sites for hydroxylation is 2. The van der Waals surface area contributed by atoms with Crippen LogP contribution in [0.2, 0.25) is 0 Å². The van der Waals surface area contributed by atoms with Gasteiger partial charge in [0.2, 0.25) is 5.88 Å². The Hall–Kier alpha value is -1.62. The van der Waals surface area contributed by atoms with E-state index in [-0.39, 0.29) is 0 Å². The van der Waals surface area contributed by atoms with Crippen LogP contribution in [0.15, 0.2) is 22.7 Å². The summed E-state index contributed by atoms with van der Waals surface area (Å²) in [5.74, 6) is 3.03. The predicted molar refractivity (Wildman–Crippen MR) is 89.3 cm³/mol. The summed E-state index contributed by atoms with van der Waals surface area (Å²) in [5.41, 5.74) is 1.98. The van der Waals surface area contributed by atoms with E-state index in [0.29, 0.717) is 5.88 Å². The quantitative estimate of drug-likeness (QED) is 0.853. The van der Waals surface area contributed by atoms with Crippen molar-refractivity contribution in [3.05, 3.63) is 39.6 Å². The molecule has 0 aliphatic rings. The molecule has 0 aliphatic carbocycles. The number of ether oxygens (including phenoxy) is 1. The minimum Gasteiger partial charge on any atom is -0.438 e. The highest BCUT2D eigenvalue weighted by Crippen LogP contribution is 2.31. The van der Waals surface area contributed by atoms with Crippen LogP contribution in [-0.2, 0) is 6.42 Å². The van der Waals surface area contributed by atoms with E-state index in [4.69, 9.17) is 4.74 Å². The van der Waals surface area contributed by atoms with Crippen molar-refractivity contribution in [3.63, 3.8) is 0 Å². The number of rotatable bonds is 5. The molecule has 0 aliphatic heterocycles. The number of aromatic nitrogens is 2. The zero-order valence-corrected chi connectivity index (χ0v) is 14.4. The van der Waals surface area contributed by atoms with Crippen LogP contribution in [0.3, 0.4) is 0 Å². The summed E-state index contributed by atoms with van der Waals surface area (Å²) < 4.78 is 7.01. The van der Waals surface area contributed by atoms with Gasteiger partial charge in [0, 0.05) is 17.9 Å². The molecule has 0 saturated carbocycles. The Balaban J connectivity index is 2.42. The van der Waals surface area contributed by atoms with E-state index < -0.39 is 0 Å². The molecular weight excluding hydrogens is 330 g/mol. The summed E-state index contributed by atoms with van der Waals surface area (Å²) >= 11 is 3.47. The van der Waals surface area contributed by atoms with Crippen LogP contribution in [0.25, 0.3) is 0 Å². The van der Waals surface area contributed by atoms with E-state index in [1.54, 1.807) is 0 Å². The molecule has 1 N–H and O–H groups in total. The first-order valence-corrected chi connectivity index (χ1v) is 7.83. The Labute approximate surface area is 134 Å². The lowest BCUT2D eigenvalue weighted by Crippen LogP contribution is -2.05. The summed E-state index contributed by atoms with van der Waals surface area (Å²) in [5, 5.41) is 3.11. The van der Waals surface area contributed by atoms with E-state index in [1.807, 2.05) is 39.1 Å². The van der Waals surface area contributed by atoms with Gasteiger partial charge in [0.05, 0.1) is 5.56 Å². The van der Waals surface area contributed by atoms with Crippen LogP contribution in [0, 0.1) is 13.8 Å². The Kier molecular flexibility index (Phi) is 5.17. The zero-order chi connectivity index (χ0) is 15.4. The third kappa shape index (κ3) is 3.73. The van der Waals surface area contributed by atoms with Crippen LogP contribution in [0.4, 0.5) is 5.82 Å². The number of anilines is 1. The molecule has 4 nitrogen and oxygen atoms in total. The lowest BCUT2D eigenvalue weighted by Gasteiger charge is -2.14. The Morgan fingerprint density at radius 1 is 1.24 bits per heavy atom. The molecule has 0 bridgehead atoms. The molecular formula is C16H20BrN3O. The van der Waals surface area contributed by atoms with Crippen LogP contribution in [0.1, 0.15) is 30.3 Å². The average molecular weight is 350 g/mol. The van der Waals surface area contributed by atoms with Gasteiger partial charge in [-0.15, -0.1) is 0 Å². The van der Waals surface area contributed by atoms with Gasteiger partial charge in [0.25, 0.3) is 0 Å². The van der Waals surface area contributed by atoms with Crippen molar-refractivity contribution in [2.45, 2.75) is 33.6 Å². The normalized spacial score (nSPS) is 10.5. The maximum atomic E-state index is 6.03. The van der Waals surface area contributed by atoms with Crippen LogP contribution >= 0.6 is 15.9 Å². The predicted octanol–water partition coefficient (Wildman–Crippen LogP) is 4.64. The first-order valence-electron chi connectivity index (χ1n) is 7.04. The van der Waals surface area contributed by atoms with Crippen molar-refractivity contribution in [2.24, 2.45) is 0 Å². The number of benzene rings is 1. The Bertz CT molecular complexity index is 644.